The Kier molecular flexibility index (Phi) is 3.71. The van der Waals surface area contributed by atoms with E-state index < -0.39 is 17.4 Å². The predicted molar refractivity (Wildman–Crippen MR) is 68.0 cm³/mol. The summed E-state index contributed by atoms with van der Waals surface area (Å²) in [7, 11) is 0. The first-order chi connectivity index (χ1) is 9.01. The zero-order chi connectivity index (χ0) is 14.0. The van der Waals surface area contributed by atoms with Crippen LogP contribution in [0.25, 0.3) is 0 Å². The second-order valence-electron chi connectivity index (χ2n) is 4.47. The van der Waals surface area contributed by atoms with Gasteiger partial charge in [0.15, 0.2) is 0 Å². The highest BCUT2D eigenvalue weighted by atomic mass is 35.5. The molecule has 0 spiro atoms. The van der Waals surface area contributed by atoms with Crippen molar-refractivity contribution in [1.82, 2.24) is 14.9 Å². The smallest absolute Gasteiger partial charge is 0.329 e. The Morgan fingerprint density at radius 1 is 1.47 bits per heavy atom. The fraction of sp³-hybridized carbons (Fsp3) is 0.500. The molecule has 2 heterocycles. The molecule has 2 rings (SSSR count). The van der Waals surface area contributed by atoms with Crippen LogP contribution in [0.4, 0.5) is 0 Å². The first kappa shape index (κ1) is 13.7. The topological polar surface area (TPSA) is 83.4 Å². The molecule has 1 fully saturated rings. The Morgan fingerprint density at radius 3 is 2.74 bits per heavy atom. The van der Waals surface area contributed by atoms with Crippen molar-refractivity contribution in [1.29, 1.82) is 0 Å². The number of hydrogen-bond donors (Lipinski definition) is 1. The van der Waals surface area contributed by atoms with Crippen molar-refractivity contribution in [3.05, 3.63) is 23.2 Å². The molecule has 0 radical (unpaired) electrons. The normalized spacial score (nSPS) is 22.5. The summed E-state index contributed by atoms with van der Waals surface area (Å²) in [6, 6.07) is 0. The minimum Gasteiger partial charge on any atom is -0.479 e. The average Bonchev–Trinajstić information content (AvgIpc) is 2.83. The van der Waals surface area contributed by atoms with Gasteiger partial charge in [-0.3, -0.25) is 4.79 Å². The maximum Gasteiger partial charge on any atom is 0.329 e. The van der Waals surface area contributed by atoms with Crippen molar-refractivity contribution in [2.24, 2.45) is 0 Å². The molecule has 1 saturated heterocycles. The van der Waals surface area contributed by atoms with Crippen LogP contribution < -0.4 is 0 Å². The third-order valence-corrected chi connectivity index (χ3v) is 3.75. The maximum atomic E-state index is 12.4. The molecule has 102 valence electrons. The molecule has 1 unspecified atom stereocenters. The van der Waals surface area contributed by atoms with Gasteiger partial charge in [0.05, 0.1) is 12.4 Å². The van der Waals surface area contributed by atoms with Gasteiger partial charge in [-0.15, -0.1) is 0 Å². The monoisotopic (exact) mass is 283 g/mol. The van der Waals surface area contributed by atoms with Gasteiger partial charge in [-0.2, -0.15) is 0 Å². The highest BCUT2D eigenvalue weighted by Gasteiger charge is 2.48. The van der Waals surface area contributed by atoms with Gasteiger partial charge in [-0.05, 0) is 19.3 Å². The van der Waals surface area contributed by atoms with Gasteiger partial charge < -0.3 is 10.0 Å². The van der Waals surface area contributed by atoms with E-state index in [2.05, 4.69) is 9.97 Å². The quantitative estimate of drug-likeness (QED) is 0.911. The number of carboxylic acids is 1. The van der Waals surface area contributed by atoms with Crippen molar-refractivity contribution < 1.29 is 14.7 Å². The fourth-order valence-electron chi connectivity index (χ4n) is 2.48. The fourth-order valence-corrected chi connectivity index (χ4v) is 2.57. The average molecular weight is 284 g/mol. The lowest BCUT2D eigenvalue weighted by Crippen LogP contribution is -2.52. The molecule has 7 heteroatoms. The molecule has 6 nitrogen and oxygen atoms in total. The van der Waals surface area contributed by atoms with E-state index in [9.17, 15) is 14.7 Å². The van der Waals surface area contributed by atoms with Crippen molar-refractivity contribution in [2.45, 2.75) is 31.7 Å². The summed E-state index contributed by atoms with van der Waals surface area (Å²) < 4.78 is 0. The number of aliphatic carboxylic acids is 1. The minimum atomic E-state index is -1.13. The number of carbonyl (C=O) groups excluding carboxylic acids is 1. The Bertz CT molecular complexity index is 505. The van der Waals surface area contributed by atoms with E-state index >= 15 is 0 Å². The Labute approximate surface area is 115 Å². The number of likely N-dealkylation sites (tertiary alicyclic amines) is 1. The summed E-state index contributed by atoms with van der Waals surface area (Å²) in [6.07, 6.45) is 4.05. The number of nitrogens with zero attached hydrogens (tertiary/aromatic N) is 3. The van der Waals surface area contributed by atoms with Gasteiger partial charge in [0.25, 0.3) is 5.91 Å². The number of hydrogen-bond acceptors (Lipinski definition) is 4. The largest absolute Gasteiger partial charge is 0.479 e. The summed E-state index contributed by atoms with van der Waals surface area (Å²) in [5, 5.41) is 9.62. The summed E-state index contributed by atoms with van der Waals surface area (Å²) >= 11 is 5.62. The second-order valence-corrected chi connectivity index (χ2v) is 4.86. The number of carboxylic acid groups (broad SMARTS) is 1. The molecule has 1 aliphatic heterocycles. The minimum absolute atomic E-state index is 0.116. The number of carbonyl (C=O) groups is 2. The number of halogens is 1. The molecule has 1 aromatic heterocycles. The van der Waals surface area contributed by atoms with Crippen LogP contribution in [0.1, 0.15) is 36.7 Å². The highest BCUT2D eigenvalue weighted by molar-refractivity contribution is 6.29. The Hall–Kier alpha value is -1.69. The van der Waals surface area contributed by atoms with Crippen LogP contribution in [0.3, 0.4) is 0 Å². The van der Waals surface area contributed by atoms with E-state index in [0.29, 0.717) is 25.8 Å². The van der Waals surface area contributed by atoms with Crippen LogP contribution in [-0.4, -0.2) is 43.9 Å². The molecule has 1 atom stereocenters. The van der Waals surface area contributed by atoms with Crippen molar-refractivity contribution >= 4 is 23.5 Å². The number of rotatable bonds is 3. The van der Waals surface area contributed by atoms with Gasteiger partial charge in [-0.1, -0.05) is 18.5 Å². The Morgan fingerprint density at radius 2 is 2.21 bits per heavy atom. The first-order valence-electron chi connectivity index (χ1n) is 6.04. The van der Waals surface area contributed by atoms with E-state index in [1.54, 1.807) is 6.92 Å². The van der Waals surface area contributed by atoms with E-state index in [1.165, 1.54) is 17.3 Å². The molecule has 0 bridgehead atoms. The lowest BCUT2D eigenvalue weighted by Gasteiger charge is -2.33. The molecular formula is C12H14ClN3O3. The van der Waals surface area contributed by atoms with E-state index in [4.69, 9.17) is 11.6 Å². The molecular weight excluding hydrogens is 270 g/mol. The summed E-state index contributed by atoms with van der Waals surface area (Å²) in [5.74, 6) is -1.38. The number of amides is 1. The summed E-state index contributed by atoms with van der Waals surface area (Å²) in [4.78, 5) is 32.9. The SMILES string of the molecule is CCC1(C(=O)O)CCCN1C(=O)c1cnc(Cl)cn1. The van der Waals surface area contributed by atoms with Crippen molar-refractivity contribution in [3.63, 3.8) is 0 Å². The molecule has 1 amide bonds. The van der Waals surface area contributed by atoms with Gasteiger partial charge >= 0.3 is 5.97 Å². The standard InChI is InChI=1S/C12H14ClN3O3/c1-2-12(11(18)19)4-3-5-16(12)10(17)8-6-15-9(13)7-14-8/h6-7H,2-5H2,1H3,(H,18,19). The maximum absolute atomic E-state index is 12.4. The molecule has 1 aromatic rings. The molecule has 0 aliphatic carbocycles. The lowest BCUT2D eigenvalue weighted by molar-refractivity contribution is -0.148. The third kappa shape index (κ3) is 2.28. The van der Waals surface area contributed by atoms with Gasteiger partial charge in [0.2, 0.25) is 0 Å². The molecule has 1 aliphatic rings. The van der Waals surface area contributed by atoms with Crippen molar-refractivity contribution in [2.75, 3.05) is 6.54 Å². The summed E-state index contributed by atoms with van der Waals surface area (Å²) in [6.45, 7) is 2.19. The molecule has 0 aromatic carbocycles. The first-order valence-corrected chi connectivity index (χ1v) is 6.42. The van der Waals surface area contributed by atoms with Crippen LogP contribution in [0, 0.1) is 0 Å². The van der Waals surface area contributed by atoms with Crippen molar-refractivity contribution in [3.8, 4) is 0 Å². The van der Waals surface area contributed by atoms with Crippen LogP contribution >= 0.6 is 11.6 Å². The van der Waals surface area contributed by atoms with Gasteiger partial charge in [0.1, 0.15) is 16.4 Å². The zero-order valence-corrected chi connectivity index (χ0v) is 11.2. The van der Waals surface area contributed by atoms with Gasteiger partial charge in [0, 0.05) is 6.54 Å². The number of aromatic nitrogens is 2. The molecule has 0 saturated carbocycles. The zero-order valence-electron chi connectivity index (χ0n) is 10.5. The second kappa shape index (κ2) is 5.13. The molecule has 19 heavy (non-hydrogen) atoms. The lowest BCUT2D eigenvalue weighted by atomic mass is 9.93. The van der Waals surface area contributed by atoms with E-state index in [-0.39, 0.29) is 10.8 Å². The van der Waals surface area contributed by atoms with Crippen LogP contribution in [0.2, 0.25) is 5.15 Å². The highest BCUT2D eigenvalue weighted by Crippen LogP contribution is 2.33. The van der Waals surface area contributed by atoms with Crippen LogP contribution in [0.15, 0.2) is 12.4 Å². The van der Waals surface area contributed by atoms with E-state index in [1.807, 2.05) is 0 Å². The Balaban J connectivity index is 2.32. The molecule has 1 N–H and O–H groups in total. The summed E-state index contributed by atoms with van der Waals surface area (Å²) in [5.41, 5.74) is -1.01. The van der Waals surface area contributed by atoms with Gasteiger partial charge in [-0.25, -0.2) is 14.8 Å². The van der Waals surface area contributed by atoms with Crippen LogP contribution in [-0.2, 0) is 4.79 Å². The van der Waals surface area contributed by atoms with E-state index in [0.717, 1.165) is 0 Å². The predicted octanol–water partition coefficient (Wildman–Crippen LogP) is 1.60. The van der Waals surface area contributed by atoms with Crippen LogP contribution in [0.5, 0.6) is 0 Å². The third-order valence-electron chi connectivity index (χ3n) is 3.56.